The number of nitrogens with zero attached hydrogens (tertiary/aromatic N) is 1. The summed E-state index contributed by atoms with van der Waals surface area (Å²) >= 11 is 0. The molecule has 96 valence electrons. The number of ether oxygens (including phenoxy) is 1. The normalized spacial score (nSPS) is 34.1. The van der Waals surface area contributed by atoms with Gasteiger partial charge in [-0.3, -0.25) is 9.69 Å². The van der Waals surface area contributed by atoms with Gasteiger partial charge in [-0.05, 0) is 24.8 Å². The average molecular weight is 245 g/mol. The van der Waals surface area contributed by atoms with Crippen molar-refractivity contribution in [2.45, 2.75) is 25.9 Å². The van der Waals surface area contributed by atoms with Crippen molar-refractivity contribution in [2.75, 3.05) is 13.7 Å². The summed E-state index contributed by atoms with van der Waals surface area (Å²) in [6, 6.07) is 10.7. The van der Waals surface area contributed by atoms with Gasteiger partial charge in [0.25, 0.3) is 0 Å². The first-order chi connectivity index (χ1) is 8.68. The summed E-state index contributed by atoms with van der Waals surface area (Å²) < 4.78 is 4.98. The summed E-state index contributed by atoms with van der Waals surface area (Å²) in [6.45, 7) is 4.11. The van der Waals surface area contributed by atoms with E-state index in [2.05, 4.69) is 36.1 Å². The summed E-state index contributed by atoms with van der Waals surface area (Å²) in [5.74, 6) is 0.485. The van der Waals surface area contributed by atoms with Crippen LogP contribution in [0, 0.1) is 11.3 Å². The Morgan fingerprint density at radius 1 is 1.44 bits per heavy atom. The zero-order valence-electron chi connectivity index (χ0n) is 10.9. The lowest BCUT2D eigenvalue weighted by Gasteiger charge is -2.27. The molecule has 0 bridgehead atoms. The molecule has 1 unspecified atom stereocenters. The number of benzene rings is 1. The lowest BCUT2D eigenvalue weighted by molar-refractivity contribution is -0.148. The van der Waals surface area contributed by atoms with Gasteiger partial charge in [-0.25, -0.2) is 0 Å². The molecule has 1 aromatic carbocycles. The number of methoxy groups -OCH3 is 1. The predicted molar refractivity (Wildman–Crippen MR) is 68.9 cm³/mol. The fourth-order valence-corrected chi connectivity index (χ4v) is 3.48. The van der Waals surface area contributed by atoms with Gasteiger partial charge in [0, 0.05) is 19.1 Å². The average Bonchev–Trinajstić information content (AvgIpc) is 3.06. The number of likely N-dealkylation sites (tertiary alicyclic amines) is 1. The maximum Gasteiger partial charge on any atom is 0.313 e. The quantitative estimate of drug-likeness (QED) is 0.763. The van der Waals surface area contributed by atoms with Gasteiger partial charge in [-0.1, -0.05) is 30.3 Å². The van der Waals surface area contributed by atoms with Gasteiger partial charge in [0.15, 0.2) is 0 Å². The van der Waals surface area contributed by atoms with Crippen LogP contribution in [0.4, 0.5) is 0 Å². The Labute approximate surface area is 108 Å². The first-order valence-electron chi connectivity index (χ1n) is 6.55. The van der Waals surface area contributed by atoms with Gasteiger partial charge >= 0.3 is 5.97 Å². The lowest BCUT2D eigenvalue weighted by Crippen LogP contribution is -2.38. The van der Waals surface area contributed by atoms with Gasteiger partial charge in [0.1, 0.15) is 0 Å². The van der Waals surface area contributed by atoms with Gasteiger partial charge in [0.05, 0.1) is 12.5 Å². The van der Waals surface area contributed by atoms with E-state index >= 15 is 0 Å². The molecule has 1 saturated heterocycles. The van der Waals surface area contributed by atoms with Crippen molar-refractivity contribution in [3.05, 3.63) is 35.9 Å². The predicted octanol–water partition coefficient (Wildman–Crippen LogP) is 2.07. The summed E-state index contributed by atoms with van der Waals surface area (Å²) in [4.78, 5) is 14.3. The van der Waals surface area contributed by atoms with E-state index in [1.165, 1.54) is 12.7 Å². The van der Waals surface area contributed by atoms with Crippen LogP contribution in [0.2, 0.25) is 0 Å². The van der Waals surface area contributed by atoms with E-state index in [-0.39, 0.29) is 17.4 Å². The largest absolute Gasteiger partial charge is 0.469 e. The van der Waals surface area contributed by atoms with E-state index in [9.17, 15) is 4.79 Å². The fraction of sp³-hybridized carbons (Fsp3) is 0.533. The molecule has 1 heterocycles. The topological polar surface area (TPSA) is 29.5 Å². The highest BCUT2D eigenvalue weighted by Crippen LogP contribution is 2.62. The van der Waals surface area contributed by atoms with Crippen LogP contribution in [-0.4, -0.2) is 30.6 Å². The SMILES string of the molecule is COC(=O)[C@]12C[C@H]1CN(Cc1ccccc1)C2C. The third kappa shape index (κ3) is 1.57. The number of rotatable bonds is 3. The Bertz CT molecular complexity index is 459. The molecule has 0 radical (unpaired) electrons. The number of hydrogen-bond acceptors (Lipinski definition) is 3. The Morgan fingerprint density at radius 2 is 2.17 bits per heavy atom. The Hall–Kier alpha value is -1.35. The maximum absolute atomic E-state index is 11.9. The van der Waals surface area contributed by atoms with Crippen LogP contribution in [-0.2, 0) is 16.1 Å². The molecule has 3 rings (SSSR count). The van der Waals surface area contributed by atoms with Gasteiger partial charge < -0.3 is 4.74 Å². The van der Waals surface area contributed by atoms with Crippen LogP contribution >= 0.6 is 0 Å². The monoisotopic (exact) mass is 245 g/mol. The molecule has 0 amide bonds. The highest BCUT2D eigenvalue weighted by molar-refractivity contribution is 5.82. The second-order valence-corrected chi connectivity index (χ2v) is 5.52. The van der Waals surface area contributed by atoms with Crippen molar-refractivity contribution in [1.29, 1.82) is 0 Å². The number of hydrogen-bond donors (Lipinski definition) is 0. The summed E-state index contributed by atoms with van der Waals surface area (Å²) in [6.07, 6.45) is 1.01. The zero-order valence-corrected chi connectivity index (χ0v) is 10.9. The fourth-order valence-electron chi connectivity index (χ4n) is 3.48. The Kier molecular flexibility index (Phi) is 2.67. The summed E-state index contributed by atoms with van der Waals surface area (Å²) in [5, 5.41) is 0. The van der Waals surface area contributed by atoms with Crippen LogP contribution in [0.25, 0.3) is 0 Å². The first-order valence-corrected chi connectivity index (χ1v) is 6.55. The van der Waals surface area contributed by atoms with Gasteiger partial charge in [0.2, 0.25) is 0 Å². The van der Waals surface area contributed by atoms with E-state index in [0.29, 0.717) is 5.92 Å². The molecule has 1 aliphatic heterocycles. The smallest absolute Gasteiger partial charge is 0.313 e. The molecular formula is C15H19NO2. The Balaban J connectivity index is 1.73. The van der Waals surface area contributed by atoms with Crippen molar-refractivity contribution in [3.8, 4) is 0 Å². The number of fused-ring (bicyclic) bond motifs is 1. The minimum absolute atomic E-state index is 0.0180. The molecule has 0 N–H and O–H groups in total. The molecule has 0 aromatic heterocycles. The van der Waals surface area contributed by atoms with E-state index in [4.69, 9.17) is 4.74 Å². The molecule has 0 spiro atoms. The number of esters is 1. The summed E-state index contributed by atoms with van der Waals surface area (Å²) in [5.41, 5.74) is 1.11. The summed E-state index contributed by atoms with van der Waals surface area (Å²) in [7, 11) is 1.50. The van der Waals surface area contributed by atoms with E-state index < -0.39 is 0 Å². The number of piperidine rings is 1. The molecule has 3 atom stereocenters. The van der Waals surface area contributed by atoms with E-state index in [1.807, 2.05) is 6.07 Å². The van der Waals surface area contributed by atoms with Crippen LogP contribution in [0.3, 0.4) is 0 Å². The number of carbonyl (C=O) groups excluding carboxylic acids is 1. The minimum Gasteiger partial charge on any atom is -0.469 e. The molecule has 18 heavy (non-hydrogen) atoms. The van der Waals surface area contributed by atoms with Crippen molar-refractivity contribution < 1.29 is 9.53 Å². The molecule has 3 heteroatoms. The molecule has 2 aliphatic rings. The van der Waals surface area contributed by atoms with Crippen LogP contribution in [0.5, 0.6) is 0 Å². The third-order valence-electron chi connectivity index (χ3n) is 4.69. The third-order valence-corrected chi connectivity index (χ3v) is 4.69. The highest BCUT2D eigenvalue weighted by Gasteiger charge is 2.69. The van der Waals surface area contributed by atoms with Crippen molar-refractivity contribution in [3.63, 3.8) is 0 Å². The molecule has 1 aliphatic carbocycles. The van der Waals surface area contributed by atoms with Crippen LogP contribution in [0.15, 0.2) is 30.3 Å². The van der Waals surface area contributed by atoms with Crippen molar-refractivity contribution in [1.82, 2.24) is 4.90 Å². The molecule has 3 nitrogen and oxygen atoms in total. The highest BCUT2D eigenvalue weighted by atomic mass is 16.5. The first kappa shape index (κ1) is 11.7. The minimum atomic E-state index is -0.205. The van der Waals surface area contributed by atoms with Crippen LogP contribution in [0.1, 0.15) is 18.9 Å². The van der Waals surface area contributed by atoms with Gasteiger partial charge in [-0.2, -0.15) is 0 Å². The van der Waals surface area contributed by atoms with Crippen molar-refractivity contribution >= 4 is 5.97 Å². The lowest BCUT2D eigenvalue weighted by atomic mass is 9.97. The Morgan fingerprint density at radius 3 is 2.83 bits per heavy atom. The number of carbonyl (C=O) groups is 1. The molecular weight excluding hydrogens is 226 g/mol. The molecule has 1 aromatic rings. The maximum atomic E-state index is 11.9. The second kappa shape index (κ2) is 4.09. The van der Waals surface area contributed by atoms with E-state index in [1.54, 1.807) is 0 Å². The van der Waals surface area contributed by atoms with Crippen LogP contribution < -0.4 is 0 Å². The van der Waals surface area contributed by atoms with Gasteiger partial charge in [-0.15, -0.1) is 0 Å². The second-order valence-electron chi connectivity index (χ2n) is 5.52. The molecule has 1 saturated carbocycles. The zero-order chi connectivity index (χ0) is 12.8. The standard InChI is InChI=1S/C15H19NO2/c1-11-15(14(17)18-2)8-13(15)10-16(11)9-12-6-4-3-5-7-12/h3-7,11,13H,8-10H2,1-2H3/t11?,13-,15-/m0/s1. The van der Waals surface area contributed by atoms with Crippen molar-refractivity contribution in [2.24, 2.45) is 11.3 Å². The van der Waals surface area contributed by atoms with E-state index in [0.717, 1.165) is 19.5 Å². The molecule has 2 fully saturated rings.